The number of para-hydroxylation sites is 1. The van der Waals surface area contributed by atoms with Crippen LogP contribution >= 0.6 is 0 Å². The number of nitrogens with one attached hydrogen (secondary N) is 1. The standard InChI is InChI=1S/C14H17F3N2O2/c1-19(10-5-4-8-18-9-10)13(20)11-6-2-3-7-12(11)21-14(15,16)17/h2-3,6-7,10,18H,4-5,8-9H2,1H3. The monoisotopic (exact) mass is 302 g/mol. The minimum atomic E-state index is -4.82. The van der Waals surface area contributed by atoms with Gasteiger partial charge in [-0.3, -0.25) is 4.79 Å². The zero-order valence-electron chi connectivity index (χ0n) is 11.6. The van der Waals surface area contributed by atoms with Crippen LogP contribution in [0.2, 0.25) is 0 Å². The van der Waals surface area contributed by atoms with E-state index in [4.69, 9.17) is 0 Å². The quantitative estimate of drug-likeness (QED) is 0.932. The molecule has 1 aliphatic heterocycles. The Balaban J connectivity index is 2.18. The van der Waals surface area contributed by atoms with Gasteiger partial charge in [0.05, 0.1) is 5.56 Å². The van der Waals surface area contributed by atoms with Gasteiger partial charge in [0.1, 0.15) is 5.75 Å². The van der Waals surface area contributed by atoms with Crippen molar-refractivity contribution in [3.63, 3.8) is 0 Å². The number of ether oxygens (including phenoxy) is 1. The zero-order valence-corrected chi connectivity index (χ0v) is 11.6. The number of carbonyl (C=O) groups is 1. The van der Waals surface area contributed by atoms with E-state index in [1.165, 1.54) is 23.1 Å². The van der Waals surface area contributed by atoms with Crippen molar-refractivity contribution in [1.82, 2.24) is 10.2 Å². The van der Waals surface area contributed by atoms with E-state index in [2.05, 4.69) is 10.1 Å². The molecule has 1 heterocycles. The second-order valence-electron chi connectivity index (χ2n) is 4.96. The molecule has 1 saturated heterocycles. The van der Waals surface area contributed by atoms with Crippen molar-refractivity contribution in [3.05, 3.63) is 29.8 Å². The van der Waals surface area contributed by atoms with Gasteiger partial charge in [-0.15, -0.1) is 13.2 Å². The minimum Gasteiger partial charge on any atom is -0.405 e. The molecule has 0 radical (unpaired) electrons. The van der Waals surface area contributed by atoms with Crippen molar-refractivity contribution in [3.8, 4) is 5.75 Å². The van der Waals surface area contributed by atoms with Crippen LogP contribution in [0.15, 0.2) is 24.3 Å². The van der Waals surface area contributed by atoms with Gasteiger partial charge >= 0.3 is 6.36 Å². The maximum atomic E-state index is 12.4. The summed E-state index contributed by atoms with van der Waals surface area (Å²) in [5.41, 5.74) is -0.0806. The molecule has 1 unspecified atom stereocenters. The highest BCUT2D eigenvalue weighted by atomic mass is 19.4. The second kappa shape index (κ2) is 6.34. The first-order valence-corrected chi connectivity index (χ1v) is 6.71. The van der Waals surface area contributed by atoms with Crippen molar-refractivity contribution in [2.75, 3.05) is 20.1 Å². The number of piperidine rings is 1. The minimum absolute atomic E-state index is 0.0230. The van der Waals surface area contributed by atoms with E-state index < -0.39 is 18.0 Å². The summed E-state index contributed by atoms with van der Waals surface area (Å²) in [6, 6.07) is 5.39. The third-order valence-electron chi connectivity index (χ3n) is 3.48. The predicted octanol–water partition coefficient (Wildman–Crippen LogP) is 2.41. The largest absolute Gasteiger partial charge is 0.573 e. The van der Waals surface area contributed by atoms with Crippen molar-refractivity contribution in [2.24, 2.45) is 0 Å². The molecule has 7 heteroatoms. The molecule has 116 valence electrons. The summed E-state index contributed by atoms with van der Waals surface area (Å²) in [7, 11) is 1.60. The van der Waals surface area contributed by atoms with Crippen molar-refractivity contribution in [2.45, 2.75) is 25.2 Å². The Hall–Kier alpha value is -1.76. The molecule has 0 saturated carbocycles. The molecular formula is C14H17F3N2O2. The Kier molecular flexibility index (Phi) is 4.72. The average molecular weight is 302 g/mol. The fraction of sp³-hybridized carbons (Fsp3) is 0.500. The van der Waals surface area contributed by atoms with Gasteiger partial charge in [-0.05, 0) is 31.5 Å². The number of hydrogen-bond acceptors (Lipinski definition) is 3. The summed E-state index contributed by atoms with van der Waals surface area (Å²) in [6.07, 6.45) is -3.05. The van der Waals surface area contributed by atoms with Crippen LogP contribution in [0, 0.1) is 0 Å². The van der Waals surface area contributed by atoms with E-state index in [0.717, 1.165) is 25.5 Å². The van der Waals surface area contributed by atoms with Crippen LogP contribution in [-0.4, -0.2) is 43.3 Å². The number of likely N-dealkylation sites (N-methyl/N-ethyl adjacent to an activating group) is 1. The third kappa shape index (κ3) is 4.10. The highest BCUT2D eigenvalue weighted by Crippen LogP contribution is 2.27. The maximum absolute atomic E-state index is 12.4. The first kappa shape index (κ1) is 15.6. The lowest BCUT2D eigenvalue weighted by Crippen LogP contribution is -2.46. The summed E-state index contributed by atoms with van der Waals surface area (Å²) < 4.78 is 41.1. The summed E-state index contributed by atoms with van der Waals surface area (Å²) in [6.45, 7) is 1.54. The Bertz CT molecular complexity index is 499. The fourth-order valence-corrected chi connectivity index (χ4v) is 2.38. The van der Waals surface area contributed by atoms with Gasteiger partial charge in [0.2, 0.25) is 0 Å². The number of rotatable bonds is 3. The van der Waals surface area contributed by atoms with Crippen LogP contribution in [0.3, 0.4) is 0 Å². The second-order valence-corrected chi connectivity index (χ2v) is 4.96. The summed E-state index contributed by atoms with van der Waals surface area (Å²) in [5.74, 6) is -0.936. The predicted molar refractivity (Wildman–Crippen MR) is 71.1 cm³/mol. The van der Waals surface area contributed by atoms with Crippen molar-refractivity contribution in [1.29, 1.82) is 0 Å². The van der Waals surface area contributed by atoms with E-state index >= 15 is 0 Å². The fourth-order valence-electron chi connectivity index (χ4n) is 2.38. The van der Waals surface area contributed by atoms with Crippen LogP contribution in [0.5, 0.6) is 5.75 Å². The molecule has 2 rings (SSSR count). The molecule has 0 spiro atoms. The van der Waals surface area contributed by atoms with E-state index in [-0.39, 0.29) is 11.6 Å². The molecule has 0 aromatic heterocycles. The van der Waals surface area contributed by atoms with E-state index in [1.54, 1.807) is 7.05 Å². The summed E-state index contributed by atoms with van der Waals surface area (Å²) in [4.78, 5) is 13.9. The summed E-state index contributed by atoms with van der Waals surface area (Å²) >= 11 is 0. The van der Waals surface area contributed by atoms with Crippen molar-refractivity contribution < 1.29 is 22.7 Å². The molecule has 1 aliphatic rings. The average Bonchev–Trinajstić information content (AvgIpc) is 2.45. The molecule has 0 aliphatic carbocycles. The van der Waals surface area contributed by atoms with Crippen LogP contribution in [0.1, 0.15) is 23.2 Å². The highest BCUT2D eigenvalue weighted by Gasteiger charge is 2.33. The van der Waals surface area contributed by atoms with Crippen molar-refractivity contribution >= 4 is 5.91 Å². The SMILES string of the molecule is CN(C(=O)c1ccccc1OC(F)(F)F)C1CCCNC1. The van der Waals surface area contributed by atoms with Crippen LogP contribution in [0.4, 0.5) is 13.2 Å². The normalized spacial score (nSPS) is 19.1. The van der Waals surface area contributed by atoms with Gasteiger partial charge in [0.15, 0.2) is 0 Å². The Labute approximate surface area is 120 Å². The molecule has 1 atom stereocenters. The molecule has 1 N–H and O–H groups in total. The Morgan fingerprint density at radius 3 is 2.71 bits per heavy atom. The first-order chi connectivity index (χ1) is 9.88. The maximum Gasteiger partial charge on any atom is 0.573 e. The number of alkyl halides is 3. The van der Waals surface area contributed by atoms with Crippen LogP contribution in [-0.2, 0) is 0 Å². The van der Waals surface area contributed by atoms with E-state index in [9.17, 15) is 18.0 Å². The Morgan fingerprint density at radius 2 is 2.10 bits per heavy atom. The third-order valence-corrected chi connectivity index (χ3v) is 3.48. The van der Waals surface area contributed by atoms with Crippen LogP contribution in [0.25, 0.3) is 0 Å². The highest BCUT2D eigenvalue weighted by molar-refractivity contribution is 5.97. The molecule has 21 heavy (non-hydrogen) atoms. The molecule has 1 aromatic rings. The zero-order chi connectivity index (χ0) is 15.5. The molecule has 1 fully saturated rings. The number of nitrogens with zero attached hydrogens (tertiary/aromatic N) is 1. The van der Waals surface area contributed by atoms with Gasteiger partial charge in [-0.1, -0.05) is 12.1 Å². The lowest BCUT2D eigenvalue weighted by atomic mass is 10.0. The van der Waals surface area contributed by atoms with Gasteiger partial charge in [0.25, 0.3) is 5.91 Å². The van der Waals surface area contributed by atoms with Gasteiger partial charge in [0, 0.05) is 19.6 Å². The number of amides is 1. The molecular weight excluding hydrogens is 285 g/mol. The first-order valence-electron chi connectivity index (χ1n) is 6.71. The lowest BCUT2D eigenvalue weighted by Gasteiger charge is -2.32. The number of carbonyl (C=O) groups excluding carboxylic acids is 1. The lowest BCUT2D eigenvalue weighted by molar-refractivity contribution is -0.274. The smallest absolute Gasteiger partial charge is 0.405 e. The molecule has 0 bridgehead atoms. The molecule has 1 amide bonds. The van der Waals surface area contributed by atoms with E-state index in [1.807, 2.05) is 0 Å². The molecule has 4 nitrogen and oxygen atoms in total. The Morgan fingerprint density at radius 1 is 1.38 bits per heavy atom. The van der Waals surface area contributed by atoms with E-state index in [0.29, 0.717) is 6.54 Å². The molecule has 1 aromatic carbocycles. The number of halogens is 3. The topological polar surface area (TPSA) is 41.6 Å². The number of benzene rings is 1. The van der Waals surface area contributed by atoms with Gasteiger partial charge < -0.3 is 15.0 Å². The van der Waals surface area contributed by atoms with Gasteiger partial charge in [-0.25, -0.2) is 0 Å². The van der Waals surface area contributed by atoms with Gasteiger partial charge in [-0.2, -0.15) is 0 Å². The number of hydrogen-bond donors (Lipinski definition) is 1. The van der Waals surface area contributed by atoms with Crippen LogP contribution < -0.4 is 10.1 Å². The summed E-state index contributed by atoms with van der Waals surface area (Å²) in [5, 5.41) is 3.17.